The third-order valence-corrected chi connectivity index (χ3v) is 8.31. The van der Waals surface area contributed by atoms with E-state index in [0.717, 1.165) is 31.0 Å². The fourth-order valence-corrected chi connectivity index (χ4v) is 6.00. The Hall–Kier alpha value is -1.66. The molecule has 2 atom stereocenters. The number of hydrogen-bond donors (Lipinski definition) is 0. The first-order chi connectivity index (χ1) is 13.5. The fraction of sp³-hybridized carbons (Fsp3) is 0.591. The first-order valence-electron chi connectivity index (χ1n) is 10.5. The van der Waals surface area contributed by atoms with Gasteiger partial charge >= 0.3 is 0 Å². The first kappa shape index (κ1) is 21.1. The number of fused-ring (bicyclic) bond motifs is 1. The molecule has 1 heterocycles. The van der Waals surface area contributed by atoms with E-state index in [1.54, 1.807) is 36.4 Å². The molecule has 1 saturated heterocycles. The molecule has 0 N–H and O–H groups in total. The van der Waals surface area contributed by atoms with E-state index in [1.165, 1.54) is 30.0 Å². The van der Waals surface area contributed by atoms with Gasteiger partial charge in [-0.1, -0.05) is 45.2 Å². The number of piperidine rings is 1. The van der Waals surface area contributed by atoms with E-state index >= 15 is 0 Å². The van der Waals surface area contributed by atoms with Crippen LogP contribution in [-0.4, -0.2) is 49.7 Å². The zero-order valence-electron chi connectivity index (χ0n) is 17.0. The van der Waals surface area contributed by atoms with Gasteiger partial charge in [-0.2, -0.15) is 4.31 Å². The van der Waals surface area contributed by atoms with E-state index in [1.807, 2.05) is 18.7 Å². The van der Waals surface area contributed by atoms with Crippen LogP contribution in [0.25, 0.3) is 6.08 Å². The molecular weight excluding hydrogens is 372 g/mol. The standard InChI is InChI=1S/C22H32N2O3S/c1-3-24(4-2)28(26,27)21-12-9-18(10-13-21)11-14-22(25)23-16-15-19-7-5-6-8-20(19)17-23/h9-14,19-20H,3-8,15-17H2,1-2H3/b14-11+/t19-,20-/m0/s1. The molecule has 0 radical (unpaired) electrons. The molecular formula is C22H32N2O3S. The van der Waals surface area contributed by atoms with E-state index in [-0.39, 0.29) is 5.91 Å². The molecule has 1 saturated carbocycles. The van der Waals surface area contributed by atoms with E-state index in [4.69, 9.17) is 0 Å². The van der Waals surface area contributed by atoms with Gasteiger partial charge in [0, 0.05) is 32.3 Å². The maximum Gasteiger partial charge on any atom is 0.246 e. The summed E-state index contributed by atoms with van der Waals surface area (Å²) in [5.41, 5.74) is 0.833. The molecule has 2 fully saturated rings. The summed E-state index contributed by atoms with van der Waals surface area (Å²) in [4.78, 5) is 14.8. The lowest BCUT2D eigenvalue weighted by atomic mass is 9.75. The molecule has 0 spiro atoms. The number of hydrogen-bond acceptors (Lipinski definition) is 3. The van der Waals surface area contributed by atoms with Crippen molar-refractivity contribution in [1.29, 1.82) is 0 Å². The normalized spacial score (nSPS) is 23.2. The van der Waals surface area contributed by atoms with Gasteiger partial charge < -0.3 is 4.90 Å². The molecule has 1 amide bonds. The minimum atomic E-state index is -3.44. The van der Waals surface area contributed by atoms with Gasteiger partial charge in [-0.15, -0.1) is 0 Å². The molecule has 154 valence electrons. The highest BCUT2D eigenvalue weighted by Crippen LogP contribution is 2.36. The largest absolute Gasteiger partial charge is 0.339 e. The number of nitrogens with zero attached hydrogens (tertiary/aromatic N) is 2. The summed E-state index contributed by atoms with van der Waals surface area (Å²) in [7, 11) is -3.44. The average Bonchev–Trinajstić information content (AvgIpc) is 2.72. The Kier molecular flexibility index (Phi) is 6.94. The zero-order chi connectivity index (χ0) is 20.1. The van der Waals surface area contributed by atoms with Crippen LogP contribution in [0.3, 0.4) is 0 Å². The summed E-state index contributed by atoms with van der Waals surface area (Å²) in [6.45, 7) is 6.30. The molecule has 5 nitrogen and oxygen atoms in total. The number of carbonyl (C=O) groups is 1. The highest BCUT2D eigenvalue weighted by atomic mass is 32.2. The van der Waals surface area contributed by atoms with Crippen LogP contribution in [0.2, 0.25) is 0 Å². The highest BCUT2D eigenvalue weighted by molar-refractivity contribution is 7.89. The molecule has 3 rings (SSSR count). The Bertz CT molecular complexity index is 798. The van der Waals surface area contributed by atoms with Crippen molar-refractivity contribution < 1.29 is 13.2 Å². The van der Waals surface area contributed by atoms with E-state index in [0.29, 0.717) is 23.9 Å². The van der Waals surface area contributed by atoms with Gasteiger partial charge in [0.1, 0.15) is 0 Å². The molecule has 1 aliphatic heterocycles. The minimum Gasteiger partial charge on any atom is -0.339 e. The van der Waals surface area contributed by atoms with Gasteiger partial charge in [-0.05, 0) is 48.4 Å². The summed E-state index contributed by atoms with van der Waals surface area (Å²) >= 11 is 0. The Morgan fingerprint density at radius 1 is 1.07 bits per heavy atom. The second-order valence-corrected chi connectivity index (χ2v) is 9.81. The lowest BCUT2D eigenvalue weighted by Crippen LogP contribution is -2.44. The number of rotatable bonds is 6. The fourth-order valence-electron chi connectivity index (χ4n) is 4.54. The molecule has 1 aromatic carbocycles. The third kappa shape index (κ3) is 4.66. The van der Waals surface area contributed by atoms with Gasteiger partial charge in [-0.25, -0.2) is 8.42 Å². The second kappa shape index (κ2) is 9.23. The van der Waals surface area contributed by atoms with Crippen molar-refractivity contribution in [3.8, 4) is 0 Å². The number of likely N-dealkylation sites (tertiary alicyclic amines) is 1. The lowest BCUT2D eigenvalue weighted by molar-refractivity contribution is -0.128. The topological polar surface area (TPSA) is 57.7 Å². The monoisotopic (exact) mass is 404 g/mol. The van der Waals surface area contributed by atoms with E-state index in [9.17, 15) is 13.2 Å². The van der Waals surface area contributed by atoms with Crippen LogP contribution < -0.4 is 0 Å². The van der Waals surface area contributed by atoms with Crippen LogP contribution in [0.5, 0.6) is 0 Å². The Morgan fingerprint density at radius 3 is 2.36 bits per heavy atom. The molecule has 2 aliphatic rings. The van der Waals surface area contributed by atoms with Crippen molar-refractivity contribution in [1.82, 2.24) is 9.21 Å². The van der Waals surface area contributed by atoms with Gasteiger partial charge in [0.25, 0.3) is 0 Å². The molecule has 6 heteroatoms. The number of amides is 1. The minimum absolute atomic E-state index is 0.0591. The quantitative estimate of drug-likeness (QED) is 0.678. The molecule has 0 aromatic heterocycles. The molecule has 0 bridgehead atoms. The van der Waals surface area contributed by atoms with E-state index < -0.39 is 10.0 Å². The van der Waals surface area contributed by atoms with Gasteiger partial charge in [0.15, 0.2) is 0 Å². The van der Waals surface area contributed by atoms with Crippen molar-refractivity contribution in [2.24, 2.45) is 11.8 Å². The van der Waals surface area contributed by atoms with Crippen molar-refractivity contribution in [2.75, 3.05) is 26.2 Å². The highest BCUT2D eigenvalue weighted by Gasteiger charge is 2.32. The van der Waals surface area contributed by atoms with Gasteiger partial charge in [0.05, 0.1) is 4.90 Å². The van der Waals surface area contributed by atoms with Crippen LogP contribution >= 0.6 is 0 Å². The Balaban J connectivity index is 1.62. The summed E-state index contributed by atoms with van der Waals surface area (Å²) in [6.07, 6.45) is 9.74. The van der Waals surface area contributed by atoms with Crippen molar-refractivity contribution in [2.45, 2.75) is 50.8 Å². The van der Waals surface area contributed by atoms with Crippen molar-refractivity contribution >= 4 is 22.0 Å². The van der Waals surface area contributed by atoms with Crippen LogP contribution in [0.4, 0.5) is 0 Å². The van der Waals surface area contributed by atoms with E-state index in [2.05, 4.69) is 0 Å². The Morgan fingerprint density at radius 2 is 1.71 bits per heavy atom. The van der Waals surface area contributed by atoms with Crippen LogP contribution in [0, 0.1) is 11.8 Å². The molecule has 28 heavy (non-hydrogen) atoms. The van der Waals surface area contributed by atoms with Crippen molar-refractivity contribution in [3.63, 3.8) is 0 Å². The summed E-state index contributed by atoms with van der Waals surface area (Å²) in [5.74, 6) is 1.54. The predicted octanol–water partition coefficient (Wildman–Crippen LogP) is 3.77. The van der Waals surface area contributed by atoms with Crippen LogP contribution in [0.1, 0.15) is 51.5 Å². The summed E-state index contributed by atoms with van der Waals surface area (Å²) in [6, 6.07) is 6.75. The number of benzene rings is 1. The molecule has 1 aromatic rings. The lowest BCUT2D eigenvalue weighted by Gasteiger charge is -2.41. The SMILES string of the molecule is CCN(CC)S(=O)(=O)c1ccc(/C=C/C(=O)N2CC[C@@H]3CCCC[C@H]3C2)cc1. The summed E-state index contributed by atoms with van der Waals surface area (Å²) in [5, 5.41) is 0. The second-order valence-electron chi connectivity index (χ2n) is 7.87. The predicted molar refractivity (Wildman–Crippen MR) is 112 cm³/mol. The van der Waals surface area contributed by atoms with Crippen LogP contribution in [0.15, 0.2) is 35.2 Å². The average molecular weight is 405 g/mol. The van der Waals surface area contributed by atoms with Gasteiger partial charge in [-0.3, -0.25) is 4.79 Å². The molecule has 0 unspecified atom stereocenters. The molecule has 1 aliphatic carbocycles. The summed E-state index contributed by atoms with van der Waals surface area (Å²) < 4.78 is 26.5. The maximum atomic E-state index is 12.6. The van der Waals surface area contributed by atoms with Crippen molar-refractivity contribution in [3.05, 3.63) is 35.9 Å². The number of carbonyl (C=O) groups excluding carboxylic acids is 1. The van der Waals surface area contributed by atoms with Gasteiger partial charge in [0.2, 0.25) is 15.9 Å². The Labute approximate surface area is 169 Å². The first-order valence-corrected chi connectivity index (χ1v) is 12.0. The van der Waals surface area contributed by atoms with Crippen LogP contribution in [-0.2, 0) is 14.8 Å². The third-order valence-electron chi connectivity index (χ3n) is 6.24. The number of sulfonamides is 1. The smallest absolute Gasteiger partial charge is 0.246 e. The maximum absolute atomic E-state index is 12.6. The zero-order valence-corrected chi connectivity index (χ0v) is 17.8.